The molecule has 0 spiro atoms. The van der Waals surface area contributed by atoms with Gasteiger partial charge in [-0.25, -0.2) is 4.18 Å². The fraction of sp³-hybridized carbons (Fsp3) is 0.837. The molecule has 1 heterocycles. The molecule has 1 aliphatic heterocycles. The number of carbonyl (C=O) groups is 1. The first-order valence-corrected chi connectivity index (χ1v) is 23.3. The molecule has 334 valence electrons. The summed E-state index contributed by atoms with van der Waals surface area (Å²) >= 11 is 0. The number of hydrogen-bond donors (Lipinski definition) is 7. The van der Waals surface area contributed by atoms with Gasteiger partial charge in [-0.1, -0.05) is 153 Å². The third kappa shape index (κ3) is 26.9. The number of aliphatic hydroxyl groups excluding tert-OH is 5. The minimum Gasteiger partial charge on any atom is -0.394 e. The lowest BCUT2D eigenvalue weighted by atomic mass is 9.99. The molecule has 13 nitrogen and oxygen atoms in total. The Morgan fingerprint density at radius 1 is 0.702 bits per heavy atom. The summed E-state index contributed by atoms with van der Waals surface area (Å²) in [5.74, 6) is -0.722. The van der Waals surface area contributed by atoms with E-state index in [0.717, 1.165) is 64.2 Å². The minimum atomic E-state index is -5.12. The quantitative estimate of drug-likeness (QED) is 0.0195. The van der Waals surface area contributed by atoms with Gasteiger partial charge in [0.25, 0.3) is 0 Å². The van der Waals surface area contributed by atoms with Crippen LogP contribution >= 0.6 is 0 Å². The van der Waals surface area contributed by atoms with Gasteiger partial charge in [-0.05, 0) is 51.4 Å². The van der Waals surface area contributed by atoms with Crippen molar-refractivity contribution < 1.29 is 57.0 Å². The lowest BCUT2D eigenvalue weighted by Crippen LogP contribution is -2.61. The van der Waals surface area contributed by atoms with E-state index in [-0.39, 0.29) is 6.42 Å². The van der Waals surface area contributed by atoms with E-state index in [1.165, 1.54) is 76.7 Å². The second kappa shape index (κ2) is 34.0. The Labute approximate surface area is 344 Å². The van der Waals surface area contributed by atoms with Crippen LogP contribution in [0.3, 0.4) is 0 Å². The molecule has 1 saturated heterocycles. The summed E-state index contributed by atoms with van der Waals surface area (Å²) in [6.45, 7) is 3.06. The van der Waals surface area contributed by atoms with Crippen LogP contribution in [0.2, 0.25) is 0 Å². The normalized spacial score (nSPS) is 22.1. The molecular formula is C43H79NO12S. The summed E-state index contributed by atoms with van der Waals surface area (Å²) < 4.78 is 47.2. The van der Waals surface area contributed by atoms with Crippen LogP contribution in [0.4, 0.5) is 0 Å². The van der Waals surface area contributed by atoms with Crippen LogP contribution in [0.25, 0.3) is 0 Å². The average Bonchev–Trinajstić information content (AvgIpc) is 3.18. The summed E-state index contributed by atoms with van der Waals surface area (Å²) in [4.78, 5) is 13.0. The summed E-state index contributed by atoms with van der Waals surface area (Å²) in [6, 6.07) is -1.14. The number of rotatable bonds is 36. The molecule has 0 saturated carbocycles. The van der Waals surface area contributed by atoms with E-state index in [9.17, 15) is 38.7 Å². The van der Waals surface area contributed by atoms with Crippen LogP contribution in [0.1, 0.15) is 168 Å². The summed E-state index contributed by atoms with van der Waals surface area (Å²) in [5.41, 5.74) is 0. The highest BCUT2D eigenvalue weighted by Gasteiger charge is 2.48. The second-order valence-electron chi connectivity index (χ2n) is 15.4. The van der Waals surface area contributed by atoms with E-state index < -0.39 is 78.5 Å². The van der Waals surface area contributed by atoms with Crippen LogP contribution in [-0.4, -0.2) is 107 Å². The van der Waals surface area contributed by atoms with Crippen molar-refractivity contribution in [2.24, 2.45) is 0 Å². The maximum Gasteiger partial charge on any atom is 0.397 e. The molecule has 1 aliphatic rings. The van der Waals surface area contributed by atoms with Crippen LogP contribution in [0.15, 0.2) is 36.5 Å². The molecule has 0 aromatic heterocycles. The predicted molar refractivity (Wildman–Crippen MR) is 224 cm³/mol. The number of aliphatic hydroxyl groups is 5. The topological polar surface area (TPSA) is 212 Å². The first kappa shape index (κ1) is 53.3. The summed E-state index contributed by atoms with van der Waals surface area (Å²) in [5, 5.41) is 54.8. The SMILES string of the molecule is CCC/C=C/CC/C=C/C(O)C(COC1OC(CO)C(O)C(OS(=O)(=O)O)C1O)NC(=O)C(O)CCCCCCCC/C=C\CCCCCCCCCCCCC. The highest BCUT2D eigenvalue weighted by molar-refractivity contribution is 7.80. The van der Waals surface area contributed by atoms with Crippen molar-refractivity contribution in [1.82, 2.24) is 5.32 Å². The molecule has 0 aromatic rings. The largest absolute Gasteiger partial charge is 0.397 e. The van der Waals surface area contributed by atoms with E-state index in [2.05, 4.69) is 41.6 Å². The molecule has 8 unspecified atom stereocenters. The Bertz CT molecular complexity index is 1180. The van der Waals surface area contributed by atoms with E-state index >= 15 is 0 Å². The van der Waals surface area contributed by atoms with Crippen LogP contribution in [-0.2, 0) is 28.9 Å². The third-order valence-electron chi connectivity index (χ3n) is 10.2. The Morgan fingerprint density at radius 3 is 1.75 bits per heavy atom. The summed E-state index contributed by atoms with van der Waals surface area (Å²) in [6.07, 6.45) is 27.2. The Hall–Kier alpha value is -1.72. The first-order valence-electron chi connectivity index (χ1n) is 22.0. The number of ether oxygens (including phenoxy) is 2. The zero-order valence-corrected chi connectivity index (χ0v) is 35.8. The van der Waals surface area contributed by atoms with Crippen molar-refractivity contribution in [2.45, 2.75) is 217 Å². The monoisotopic (exact) mass is 834 g/mol. The van der Waals surface area contributed by atoms with Crippen molar-refractivity contribution >= 4 is 16.3 Å². The smallest absolute Gasteiger partial charge is 0.394 e. The van der Waals surface area contributed by atoms with Gasteiger partial charge in [-0.3, -0.25) is 9.35 Å². The van der Waals surface area contributed by atoms with Gasteiger partial charge in [-0.15, -0.1) is 0 Å². The van der Waals surface area contributed by atoms with Gasteiger partial charge in [0.2, 0.25) is 5.91 Å². The Kier molecular flexibility index (Phi) is 31.8. The van der Waals surface area contributed by atoms with Gasteiger partial charge in [-0.2, -0.15) is 8.42 Å². The lowest BCUT2D eigenvalue weighted by Gasteiger charge is -2.41. The highest BCUT2D eigenvalue weighted by atomic mass is 32.3. The fourth-order valence-electron chi connectivity index (χ4n) is 6.71. The van der Waals surface area contributed by atoms with E-state index in [1.807, 2.05) is 6.08 Å². The molecule has 0 aromatic carbocycles. The Morgan fingerprint density at radius 2 is 1.21 bits per heavy atom. The second-order valence-corrected chi connectivity index (χ2v) is 16.5. The van der Waals surface area contributed by atoms with Crippen molar-refractivity contribution in [3.63, 3.8) is 0 Å². The van der Waals surface area contributed by atoms with Gasteiger partial charge in [0.15, 0.2) is 6.29 Å². The van der Waals surface area contributed by atoms with Crippen LogP contribution in [0, 0.1) is 0 Å². The molecule has 8 atom stereocenters. The average molecular weight is 834 g/mol. The van der Waals surface area contributed by atoms with Crippen LogP contribution in [0.5, 0.6) is 0 Å². The molecule has 0 bridgehead atoms. The molecule has 1 fully saturated rings. The number of allylic oxidation sites excluding steroid dienone is 5. The molecule has 14 heteroatoms. The van der Waals surface area contributed by atoms with E-state index in [4.69, 9.17) is 14.0 Å². The van der Waals surface area contributed by atoms with Crippen molar-refractivity contribution in [1.29, 1.82) is 0 Å². The number of unbranched alkanes of at least 4 members (excludes halogenated alkanes) is 19. The van der Waals surface area contributed by atoms with Crippen LogP contribution < -0.4 is 5.32 Å². The molecule has 57 heavy (non-hydrogen) atoms. The number of amides is 1. The van der Waals surface area contributed by atoms with E-state index in [1.54, 1.807) is 6.08 Å². The third-order valence-corrected chi connectivity index (χ3v) is 10.7. The number of carbonyl (C=O) groups excluding carboxylic acids is 1. The van der Waals surface area contributed by atoms with Gasteiger partial charge in [0.05, 0.1) is 25.4 Å². The Balaban J connectivity index is 2.46. The molecule has 0 aliphatic carbocycles. The maximum absolute atomic E-state index is 13.0. The highest BCUT2D eigenvalue weighted by Crippen LogP contribution is 2.26. The molecule has 1 rings (SSSR count). The molecular weight excluding hydrogens is 755 g/mol. The van der Waals surface area contributed by atoms with Crippen molar-refractivity contribution in [2.75, 3.05) is 13.2 Å². The predicted octanol–water partition coefficient (Wildman–Crippen LogP) is 6.91. The fourth-order valence-corrected chi connectivity index (χ4v) is 7.22. The molecule has 7 N–H and O–H groups in total. The minimum absolute atomic E-state index is 0.229. The van der Waals surface area contributed by atoms with Gasteiger partial charge in [0, 0.05) is 0 Å². The summed E-state index contributed by atoms with van der Waals surface area (Å²) in [7, 11) is -5.12. The zero-order valence-electron chi connectivity index (χ0n) is 35.0. The zero-order chi connectivity index (χ0) is 42.2. The lowest BCUT2D eigenvalue weighted by molar-refractivity contribution is -0.298. The first-order chi connectivity index (χ1) is 27.4. The van der Waals surface area contributed by atoms with Crippen molar-refractivity contribution in [3.8, 4) is 0 Å². The molecule has 0 radical (unpaired) electrons. The number of nitrogens with one attached hydrogen (secondary N) is 1. The van der Waals surface area contributed by atoms with E-state index in [0.29, 0.717) is 12.8 Å². The van der Waals surface area contributed by atoms with Crippen molar-refractivity contribution in [3.05, 3.63) is 36.5 Å². The maximum atomic E-state index is 13.0. The standard InChI is InChI=1S/C43H79NO12S/c1-3-5-7-9-11-12-13-14-15-16-17-18-19-20-21-22-23-24-26-28-30-32-37(47)42(50)44-35(36(46)31-29-27-25-10-8-6-4-2)34-54-43-40(49)41(56-57(51,52)53)39(48)38(33-45)55-43/h8,10,19-20,29,31,35-41,43,45-49H,3-7,9,11-18,21-28,30,32-34H2,1-2H3,(H,44,50)(H,51,52,53)/b10-8+,20-19-,31-29+. The van der Waals surface area contributed by atoms with Gasteiger partial charge >= 0.3 is 10.4 Å². The van der Waals surface area contributed by atoms with Gasteiger partial charge < -0.3 is 40.3 Å². The van der Waals surface area contributed by atoms with Gasteiger partial charge in [0.1, 0.15) is 30.5 Å². The number of hydrogen-bond acceptors (Lipinski definition) is 11. The molecule has 1 amide bonds.